The fourth-order valence-electron chi connectivity index (χ4n) is 1.15. The predicted molar refractivity (Wildman–Crippen MR) is 52.8 cm³/mol. The second-order valence-electron chi connectivity index (χ2n) is 3.13. The summed E-state index contributed by atoms with van der Waals surface area (Å²) < 4.78 is 10.8. The quantitative estimate of drug-likeness (QED) is 0.194. The minimum atomic E-state index is -5.56. The van der Waals surface area contributed by atoms with E-state index >= 15 is 0 Å². The molecule has 0 spiro atoms. The maximum atomic E-state index is 10.8. The normalized spacial score (nSPS) is 13.7. The van der Waals surface area contributed by atoms with E-state index < -0.39 is 43.2 Å². The van der Waals surface area contributed by atoms with Crippen LogP contribution in [-0.4, -0.2) is 59.4 Å². The van der Waals surface area contributed by atoms with Gasteiger partial charge < -0.3 is 35.9 Å². The molecule has 0 amide bonds. The second kappa shape index (κ2) is 13.8. The monoisotopic (exact) mass is 368 g/mol. The third-order valence-electron chi connectivity index (χ3n) is 1.81. The third-order valence-corrected chi connectivity index (χ3v) is 3.13. The van der Waals surface area contributed by atoms with Crippen LogP contribution in [0.25, 0.3) is 0 Å². The van der Waals surface area contributed by atoms with E-state index in [1.165, 1.54) is 0 Å². The van der Waals surface area contributed by atoms with Gasteiger partial charge in [0.05, 0.1) is 6.42 Å². The first kappa shape index (κ1) is 34.8. The van der Waals surface area contributed by atoms with Crippen LogP contribution in [0, 0.1) is 0 Å². The van der Waals surface area contributed by atoms with Crippen LogP contribution in [0.2, 0.25) is 0 Å². The van der Waals surface area contributed by atoms with Crippen molar-refractivity contribution in [3.8, 4) is 0 Å². The van der Waals surface area contributed by atoms with Crippen molar-refractivity contribution >= 4 is 25.5 Å². The fourth-order valence-corrected chi connectivity index (χ4v) is 2.19. The number of carboxylic acids is 3. The number of rotatable bonds is 6. The third kappa shape index (κ3) is 10.9. The van der Waals surface area contributed by atoms with Crippen molar-refractivity contribution in [2.75, 3.05) is 0 Å². The predicted octanol–water partition coefficient (Wildman–Crippen LogP) is -13.6. The Kier molecular flexibility index (Phi) is 22.8. The molecule has 0 rings (SSSR count). The molecular weight excluding hydrogens is 355 g/mol. The van der Waals surface area contributed by atoms with Gasteiger partial charge in [0.15, 0.2) is 11.3 Å². The molecule has 0 bridgehead atoms. The van der Waals surface area contributed by atoms with Gasteiger partial charge in [0.2, 0.25) is 0 Å². The minimum Gasteiger partial charge on any atom is -1.00 e. The summed E-state index contributed by atoms with van der Waals surface area (Å²) in [5.74, 6) is -6.59. The Morgan fingerprint density at radius 3 is 1.48 bits per heavy atom. The van der Waals surface area contributed by atoms with Crippen molar-refractivity contribution in [1.29, 1.82) is 0 Å². The van der Waals surface area contributed by atoms with Gasteiger partial charge in [-0.1, -0.05) is 0 Å². The van der Waals surface area contributed by atoms with E-state index in [9.17, 15) is 24.1 Å². The molecule has 0 aliphatic heterocycles. The first-order valence-electron chi connectivity index (χ1n) is 3.88. The van der Waals surface area contributed by atoms with Gasteiger partial charge in [0.25, 0.3) is 0 Å². The molecule has 0 fully saturated rings. The van der Waals surface area contributed by atoms with Crippen LogP contribution < -0.4 is 118 Å². The Balaban J connectivity index is -0.0000000457. The summed E-state index contributed by atoms with van der Waals surface area (Å²) in [7, 11) is -5.56. The van der Waals surface area contributed by atoms with Gasteiger partial charge in [-0.25, -0.2) is 4.79 Å². The van der Waals surface area contributed by atoms with E-state index in [0.717, 1.165) is 0 Å². The first-order chi connectivity index (χ1) is 7.43. The van der Waals surface area contributed by atoms with E-state index in [4.69, 9.17) is 25.1 Å². The van der Waals surface area contributed by atoms with Crippen LogP contribution in [0.4, 0.5) is 0 Å². The van der Waals surface area contributed by atoms with Gasteiger partial charge in [-0.3, -0.25) is 14.2 Å². The minimum absolute atomic E-state index is 0. The number of hydrogen-bond acceptors (Lipinski definition) is 5. The van der Waals surface area contributed by atoms with Crippen molar-refractivity contribution < 1.29 is 173 Å². The molecule has 0 aromatic carbocycles. The van der Waals surface area contributed by atoms with Crippen molar-refractivity contribution in [3.63, 3.8) is 0 Å². The zero-order chi connectivity index (χ0) is 14.0. The molecule has 6 N–H and O–H groups in total. The molecule has 15 heteroatoms. The number of aliphatic carboxylic acids is 3. The summed E-state index contributed by atoms with van der Waals surface area (Å²) >= 11 is 0. The van der Waals surface area contributed by atoms with Crippen molar-refractivity contribution in [1.82, 2.24) is 0 Å². The second-order valence-corrected chi connectivity index (χ2v) is 4.82. The number of carboxylic acid groups (broad SMARTS) is 3. The van der Waals surface area contributed by atoms with E-state index in [2.05, 4.69) is 0 Å². The molecule has 2 atom stereocenters. The summed E-state index contributed by atoms with van der Waals surface area (Å²) in [5.41, 5.74) is -6.67. The van der Waals surface area contributed by atoms with Crippen LogP contribution in [0.3, 0.4) is 0 Å². The Morgan fingerprint density at radius 2 is 1.33 bits per heavy atom. The molecular formula is C6H13Na4O10P. The number of aliphatic hydroxyl groups is 1. The van der Waals surface area contributed by atoms with Crippen molar-refractivity contribution in [2.24, 2.45) is 0 Å². The van der Waals surface area contributed by atoms with E-state index in [-0.39, 0.29) is 124 Å². The van der Waals surface area contributed by atoms with Crippen molar-refractivity contribution in [3.05, 3.63) is 0 Å². The van der Waals surface area contributed by atoms with Crippen LogP contribution in [0.1, 0.15) is 12.1 Å². The van der Waals surface area contributed by atoms with Crippen LogP contribution in [0.5, 0.6) is 0 Å². The summed E-state index contributed by atoms with van der Waals surface area (Å²) in [4.78, 5) is 48.8. The maximum absolute atomic E-state index is 10.8. The van der Waals surface area contributed by atoms with Crippen LogP contribution in [-0.2, 0) is 18.9 Å². The van der Waals surface area contributed by atoms with E-state index in [1.807, 2.05) is 0 Å². The Labute approximate surface area is 213 Å². The van der Waals surface area contributed by atoms with Gasteiger partial charge in [-0.05, 0) is 0 Å². The molecule has 21 heavy (non-hydrogen) atoms. The average Bonchev–Trinajstić information content (AvgIpc) is 1.96. The molecule has 0 aliphatic carbocycles. The number of carbonyl (C=O) groups is 3. The topological polar surface area (TPSA) is 190 Å². The first-order valence-corrected chi connectivity index (χ1v) is 5.56. The Morgan fingerprint density at radius 1 is 1.00 bits per heavy atom. The smallest absolute Gasteiger partial charge is 1.00 e. The molecule has 0 radical (unpaired) electrons. The van der Waals surface area contributed by atoms with Gasteiger partial charge in [-0.2, -0.15) is 0 Å². The van der Waals surface area contributed by atoms with Gasteiger partial charge >= 0.3 is 144 Å². The van der Waals surface area contributed by atoms with E-state index in [1.54, 1.807) is 0 Å². The largest absolute Gasteiger partial charge is 1.00 e. The molecule has 10 nitrogen and oxygen atoms in total. The molecule has 0 saturated carbocycles. The summed E-state index contributed by atoms with van der Waals surface area (Å²) in [6, 6.07) is 0. The molecule has 0 aromatic heterocycles. The van der Waals surface area contributed by atoms with Gasteiger partial charge in [-0.15, -0.1) is 0 Å². The van der Waals surface area contributed by atoms with Crippen molar-refractivity contribution in [2.45, 2.75) is 17.7 Å². The van der Waals surface area contributed by atoms with E-state index in [0.29, 0.717) is 0 Å². The van der Waals surface area contributed by atoms with Gasteiger partial charge in [0, 0.05) is 0 Å². The molecule has 0 aromatic rings. The van der Waals surface area contributed by atoms with Gasteiger partial charge in [0.1, 0.15) is 0 Å². The Hall–Kier alpha value is 2.52. The molecule has 0 aliphatic rings. The zero-order valence-electron chi connectivity index (χ0n) is 16.0. The standard InChI is InChI=1S/C6H9O10P.4Na.4H/c7-2(8)1-6(13,5(11)12)3(4(9)10)17(14,15)16;;;;;;;;/h3,13H,1H2,(H,7,8)(H,9,10)(H,11,12)(H2,14,15,16);;;;;;;;/q;4*+1;4*-1. The average molecular weight is 368 g/mol. The number of hydrogen-bond donors (Lipinski definition) is 6. The SMILES string of the molecule is O=C(O)CC(O)(C(=O)O)C(C(=O)O)P(=O)(O)O.[H-].[H-].[H-].[H-].[Na+].[Na+].[Na+].[Na+]. The van der Waals surface area contributed by atoms with Crippen LogP contribution >= 0.6 is 7.60 Å². The molecule has 106 valence electrons. The Bertz CT molecular complexity index is 426. The molecule has 0 heterocycles. The summed E-state index contributed by atoms with van der Waals surface area (Å²) in [6.45, 7) is 0. The summed E-state index contributed by atoms with van der Waals surface area (Å²) in [5, 5.41) is 34.7. The molecule has 0 saturated heterocycles. The fraction of sp³-hybridized carbons (Fsp3) is 0.500. The summed E-state index contributed by atoms with van der Waals surface area (Å²) in [6.07, 6.45) is -1.66. The molecule has 2 unspecified atom stereocenters. The van der Waals surface area contributed by atoms with Crippen LogP contribution in [0.15, 0.2) is 0 Å². The zero-order valence-corrected chi connectivity index (χ0v) is 20.9. The maximum Gasteiger partial charge on any atom is 1.00 e.